The fourth-order valence-electron chi connectivity index (χ4n) is 1.82. The highest BCUT2D eigenvalue weighted by molar-refractivity contribution is 5.78. The van der Waals surface area contributed by atoms with Gasteiger partial charge in [0, 0.05) is 11.6 Å². The summed E-state index contributed by atoms with van der Waals surface area (Å²) in [4.78, 5) is 11.8. The van der Waals surface area contributed by atoms with Crippen LogP contribution in [0.5, 0.6) is 5.75 Å². The molecule has 1 unspecified atom stereocenters. The molecule has 0 bridgehead atoms. The Hall–Kier alpha value is -1.55. The summed E-state index contributed by atoms with van der Waals surface area (Å²) in [6, 6.07) is 7.96. The molecule has 4 nitrogen and oxygen atoms in total. The Bertz CT molecular complexity index is 441. The molecule has 1 amide bonds. The van der Waals surface area contributed by atoms with Crippen molar-refractivity contribution < 1.29 is 9.53 Å². The number of rotatable bonds is 8. The van der Waals surface area contributed by atoms with Crippen LogP contribution in [0.2, 0.25) is 0 Å². The summed E-state index contributed by atoms with van der Waals surface area (Å²) in [7, 11) is 0. The maximum Gasteiger partial charge on any atom is 0.258 e. The second-order valence-electron chi connectivity index (χ2n) is 6.09. The summed E-state index contributed by atoms with van der Waals surface area (Å²) in [5.74, 6) is 0.604. The van der Waals surface area contributed by atoms with E-state index in [0.29, 0.717) is 5.75 Å². The average Bonchev–Trinajstić information content (AvgIpc) is 2.46. The van der Waals surface area contributed by atoms with Crippen molar-refractivity contribution in [1.29, 1.82) is 0 Å². The van der Waals surface area contributed by atoms with Gasteiger partial charge in [-0.3, -0.25) is 4.79 Å². The largest absolute Gasteiger partial charge is 0.484 e. The molecule has 1 aromatic carbocycles. The van der Waals surface area contributed by atoms with Gasteiger partial charge in [-0.2, -0.15) is 0 Å². The van der Waals surface area contributed by atoms with Crippen LogP contribution >= 0.6 is 0 Å². The van der Waals surface area contributed by atoms with Crippen LogP contribution in [0.4, 0.5) is 0 Å². The minimum absolute atomic E-state index is 0.0389. The van der Waals surface area contributed by atoms with Crippen molar-refractivity contribution >= 4 is 5.91 Å². The quantitative estimate of drug-likeness (QED) is 0.774. The molecule has 1 rings (SSSR count). The van der Waals surface area contributed by atoms with Crippen LogP contribution in [0.3, 0.4) is 0 Å². The Balaban J connectivity index is 2.44. The normalized spacial score (nSPS) is 12.8. The van der Waals surface area contributed by atoms with E-state index >= 15 is 0 Å². The number of hydrogen-bond donors (Lipinski definition) is 2. The average molecular weight is 292 g/mol. The van der Waals surface area contributed by atoms with E-state index in [9.17, 15) is 4.79 Å². The zero-order chi connectivity index (χ0) is 15.9. The molecule has 0 aliphatic carbocycles. The third-order valence-corrected chi connectivity index (χ3v) is 3.68. The van der Waals surface area contributed by atoms with Gasteiger partial charge in [-0.05, 0) is 50.8 Å². The Labute approximate surface area is 128 Å². The molecule has 0 radical (unpaired) electrons. The first-order valence-corrected chi connectivity index (χ1v) is 7.64. The van der Waals surface area contributed by atoms with Crippen LogP contribution in [-0.4, -0.2) is 24.1 Å². The number of nitrogens with two attached hydrogens (primary N) is 1. The van der Waals surface area contributed by atoms with E-state index in [1.807, 2.05) is 45.0 Å². The minimum Gasteiger partial charge on any atom is -0.484 e. The van der Waals surface area contributed by atoms with Gasteiger partial charge < -0.3 is 15.8 Å². The lowest BCUT2D eigenvalue weighted by Gasteiger charge is -2.24. The molecule has 0 aliphatic rings. The smallest absolute Gasteiger partial charge is 0.258 e. The van der Waals surface area contributed by atoms with Gasteiger partial charge >= 0.3 is 0 Å². The van der Waals surface area contributed by atoms with E-state index in [4.69, 9.17) is 10.5 Å². The summed E-state index contributed by atoms with van der Waals surface area (Å²) in [6.07, 6.45) is 2.71. The van der Waals surface area contributed by atoms with E-state index in [0.717, 1.165) is 19.3 Å². The van der Waals surface area contributed by atoms with Gasteiger partial charge in [0.2, 0.25) is 0 Å². The third kappa shape index (κ3) is 6.63. The Morgan fingerprint density at radius 1 is 1.29 bits per heavy atom. The lowest BCUT2D eigenvalue weighted by atomic mass is 10.0. The van der Waals surface area contributed by atoms with Crippen molar-refractivity contribution in [3.05, 3.63) is 29.8 Å². The number of amides is 1. The Morgan fingerprint density at radius 2 is 1.90 bits per heavy atom. The lowest BCUT2D eigenvalue weighted by Crippen LogP contribution is -2.44. The molecule has 0 heterocycles. The minimum atomic E-state index is -0.194. The molecular formula is C17H28N2O2. The molecule has 0 saturated carbocycles. The van der Waals surface area contributed by atoms with Crippen molar-refractivity contribution in [2.75, 3.05) is 6.61 Å². The molecule has 4 heteroatoms. The predicted octanol–water partition coefficient (Wildman–Crippen LogP) is 2.65. The molecule has 1 aromatic rings. The maximum atomic E-state index is 11.8. The standard InChI is InChI=1S/C17H28N2O2/c1-5-14(18)11-13-7-9-15(10-8-13)21-12-16(20)19-17(3,4)6-2/h7-10,14H,5-6,11-12,18H2,1-4H3,(H,19,20). The van der Waals surface area contributed by atoms with Gasteiger partial charge in [0.05, 0.1) is 0 Å². The van der Waals surface area contributed by atoms with Gasteiger partial charge in [-0.25, -0.2) is 0 Å². The SMILES string of the molecule is CCC(N)Cc1ccc(OCC(=O)NC(C)(C)CC)cc1. The predicted molar refractivity (Wildman–Crippen MR) is 86.4 cm³/mol. The van der Waals surface area contributed by atoms with Crippen LogP contribution in [0, 0.1) is 0 Å². The highest BCUT2D eigenvalue weighted by Gasteiger charge is 2.17. The highest BCUT2D eigenvalue weighted by Crippen LogP contribution is 2.14. The van der Waals surface area contributed by atoms with Gasteiger partial charge in [-0.15, -0.1) is 0 Å². The molecule has 1 atom stereocenters. The van der Waals surface area contributed by atoms with Crippen molar-refractivity contribution in [3.8, 4) is 5.75 Å². The summed E-state index contributed by atoms with van der Waals surface area (Å²) in [5, 5.41) is 2.94. The topological polar surface area (TPSA) is 64.3 Å². The first-order chi connectivity index (χ1) is 9.86. The van der Waals surface area contributed by atoms with Crippen molar-refractivity contribution in [2.24, 2.45) is 5.73 Å². The molecule has 0 aromatic heterocycles. The van der Waals surface area contributed by atoms with E-state index < -0.39 is 0 Å². The van der Waals surface area contributed by atoms with Gasteiger partial charge in [-0.1, -0.05) is 26.0 Å². The summed E-state index contributed by atoms with van der Waals surface area (Å²) in [5.41, 5.74) is 6.92. The fraction of sp³-hybridized carbons (Fsp3) is 0.588. The van der Waals surface area contributed by atoms with E-state index in [2.05, 4.69) is 12.2 Å². The molecule has 3 N–H and O–H groups in total. The first-order valence-electron chi connectivity index (χ1n) is 7.64. The first kappa shape index (κ1) is 17.5. The van der Waals surface area contributed by atoms with Crippen molar-refractivity contribution in [3.63, 3.8) is 0 Å². The van der Waals surface area contributed by atoms with Crippen LogP contribution in [0.15, 0.2) is 24.3 Å². The van der Waals surface area contributed by atoms with Crippen molar-refractivity contribution in [1.82, 2.24) is 5.32 Å². The number of ether oxygens (including phenoxy) is 1. The number of carbonyl (C=O) groups excluding carboxylic acids is 1. The lowest BCUT2D eigenvalue weighted by molar-refractivity contribution is -0.124. The zero-order valence-electron chi connectivity index (χ0n) is 13.6. The van der Waals surface area contributed by atoms with Crippen LogP contribution in [0.1, 0.15) is 46.1 Å². The van der Waals surface area contributed by atoms with E-state index in [-0.39, 0.29) is 24.1 Å². The number of carbonyl (C=O) groups is 1. The van der Waals surface area contributed by atoms with Crippen LogP contribution in [-0.2, 0) is 11.2 Å². The fourth-order valence-corrected chi connectivity index (χ4v) is 1.82. The molecule has 0 fully saturated rings. The summed E-state index contributed by atoms with van der Waals surface area (Å²) < 4.78 is 5.50. The Morgan fingerprint density at radius 3 is 2.43 bits per heavy atom. The highest BCUT2D eigenvalue weighted by atomic mass is 16.5. The molecule has 21 heavy (non-hydrogen) atoms. The van der Waals surface area contributed by atoms with Crippen molar-refractivity contribution in [2.45, 2.75) is 58.5 Å². The molecular weight excluding hydrogens is 264 g/mol. The van der Waals surface area contributed by atoms with Crippen LogP contribution < -0.4 is 15.8 Å². The second kappa shape index (κ2) is 8.03. The van der Waals surface area contributed by atoms with Gasteiger partial charge in [0.25, 0.3) is 5.91 Å². The third-order valence-electron chi connectivity index (χ3n) is 3.68. The second-order valence-corrected chi connectivity index (χ2v) is 6.09. The maximum absolute atomic E-state index is 11.8. The number of nitrogens with one attached hydrogen (secondary N) is 1. The molecule has 0 saturated heterocycles. The monoisotopic (exact) mass is 292 g/mol. The summed E-state index contributed by atoms with van der Waals surface area (Å²) >= 11 is 0. The van der Waals surface area contributed by atoms with Crippen LogP contribution in [0.25, 0.3) is 0 Å². The van der Waals surface area contributed by atoms with Gasteiger partial charge in [0.1, 0.15) is 5.75 Å². The number of hydrogen-bond acceptors (Lipinski definition) is 3. The van der Waals surface area contributed by atoms with E-state index in [1.165, 1.54) is 5.56 Å². The molecule has 0 aliphatic heterocycles. The number of benzene rings is 1. The molecule has 118 valence electrons. The zero-order valence-corrected chi connectivity index (χ0v) is 13.6. The summed E-state index contributed by atoms with van der Waals surface area (Å²) in [6.45, 7) is 8.16. The Kier molecular flexibility index (Phi) is 6.69. The van der Waals surface area contributed by atoms with E-state index in [1.54, 1.807) is 0 Å². The van der Waals surface area contributed by atoms with Gasteiger partial charge in [0.15, 0.2) is 6.61 Å². The molecule has 0 spiro atoms.